The number of ketones is 1. The Labute approximate surface area is 101 Å². The quantitative estimate of drug-likeness (QED) is 0.801. The van der Waals surface area contributed by atoms with Crippen LogP contribution >= 0.6 is 0 Å². The highest BCUT2D eigenvalue weighted by molar-refractivity contribution is 5.99. The van der Waals surface area contributed by atoms with Crippen molar-refractivity contribution in [3.05, 3.63) is 35.1 Å². The Balaban J connectivity index is 2.16. The number of hydrogen-bond acceptors (Lipinski definition) is 2. The minimum absolute atomic E-state index is 0.0234. The van der Waals surface area contributed by atoms with Crippen LogP contribution in [0.25, 0.3) is 0 Å². The molecule has 0 atom stereocenters. The highest BCUT2D eigenvalue weighted by atomic mass is 19.1. The van der Waals surface area contributed by atoms with Crippen molar-refractivity contribution in [2.45, 2.75) is 38.6 Å². The molecule has 1 fully saturated rings. The van der Waals surface area contributed by atoms with Gasteiger partial charge in [-0.3, -0.25) is 4.79 Å². The summed E-state index contributed by atoms with van der Waals surface area (Å²) in [7, 11) is 0. The average molecular weight is 235 g/mol. The van der Waals surface area contributed by atoms with Gasteiger partial charge in [0.25, 0.3) is 0 Å². The first-order valence-corrected chi connectivity index (χ1v) is 6.14. The summed E-state index contributed by atoms with van der Waals surface area (Å²) in [5.74, 6) is -0.240. The molecule has 0 amide bonds. The van der Waals surface area contributed by atoms with E-state index in [0.717, 1.165) is 31.2 Å². The van der Waals surface area contributed by atoms with E-state index in [1.807, 2.05) is 6.92 Å². The molecule has 1 aliphatic carbocycles. The number of halogens is 1. The third-order valence-corrected chi connectivity index (χ3v) is 3.61. The van der Waals surface area contributed by atoms with Gasteiger partial charge in [0.05, 0.1) is 0 Å². The molecule has 92 valence electrons. The number of carbonyl (C=O) groups is 1. The monoisotopic (exact) mass is 235 g/mol. The Morgan fingerprint density at radius 2 is 1.94 bits per heavy atom. The average Bonchev–Trinajstić information content (AvgIpc) is 2.32. The summed E-state index contributed by atoms with van der Waals surface area (Å²) >= 11 is 0. The van der Waals surface area contributed by atoms with Crippen molar-refractivity contribution in [2.24, 2.45) is 11.7 Å². The Morgan fingerprint density at radius 1 is 1.29 bits per heavy atom. The Morgan fingerprint density at radius 3 is 2.59 bits per heavy atom. The van der Waals surface area contributed by atoms with Crippen LogP contribution in [0.5, 0.6) is 0 Å². The van der Waals surface area contributed by atoms with E-state index in [4.69, 9.17) is 5.73 Å². The van der Waals surface area contributed by atoms with E-state index in [9.17, 15) is 9.18 Å². The number of hydrogen-bond donors (Lipinski definition) is 1. The molecule has 0 radical (unpaired) electrons. The van der Waals surface area contributed by atoms with Crippen molar-refractivity contribution in [3.8, 4) is 0 Å². The number of nitrogens with two attached hydrogens (primary N) is 1. The first-order chi connectivity index (χ1) is 8.08. The lowest BCUT2D eigenvalue weighted by atomic mass is 9.81. The van der Waals surface area contributed by atoms with Crippen LogP contribution in [0.3, 0.4) is 0 Å². The van der Waals surface area contributed by atoms with Crippen molar-refractivity contribution in [2.75, 3.05) is 0 Å². The van der Waals surface area contributed by atoms with Crippen molar-refractivity contribution in [1.82, 2.24) is 0 Å². The molecule has 1 aliphatic rings. The molecule has 0 saturated heterocycles. The zero-order valence-electron chi connectivity index (χ0n) is 10.1. The number of benzene rings is 1. The second-order valence-corrected chi connectivity index (χ2v) is 4.94. The molecule has 2 nitrogen and oxygen atoms in total. The van der Waals surface area contributed by atoms with E-state index in [1.165, 1.54) is 12.1 Å². The molecule has 1 aromatic carbocycles. The summed E-state index contributed by atoms with van der Waals surface area (Å²) < 4.78 is 13.2. The maximum absolute atomic E-state index is 13.2. The molecule has 17 heavy (non-hydrogen) atoms. The van der Waals surface area contributed by atoms with E-state index < -0.39 is 0 Å². The van der Waals surface area contributed by atoms with E-state index in [1.54, 1.807) is 6.07 Å². The van der Waals surface area contributed by atoms with Crippen LogP contribution in [-0.2, 0) is 0 Å². The summed E-state index contributed by atoms with van der Waals surface area (Å²) in [6.45, 7) is 1.85. The van der Waals surface area contributed by atoms with Crippen LogP contribution in [0.2, 0.25) is 0 Å². The van der Waals surface area contributed by atoms with Gasteiger partial charge in [0, 0.05) is 17.5 Å². The van der Waals surface area contributed by atoms with Crippen LogP contribution in [0.15, 0.2) is 18.2 Å². The smallest absolute Gasteiger partial charge is 0.166 e. The molecule has 0 bridgehead atoms. The molecule has 0 spiro atoms. The fourth-order valence-electron chi connectivity index (χ4n) is 2.46. The second-order valence-electron chi connectivity index (χ2n) is 4.94. The fraction of sp³-hybridized carbons (Fsp3) is 0.500. The van der Waals surface area contributed by atoms with Crippen LogP contribution in [0.4, 0.5) is 4.39 Å². The van der Waals surface area contributed by atoms with E-state index in [0.29, 0.717) is 5.56 Å². The first-order valence-electron chi connectivity index (χ1n) is 6.14. The van der Waals surface area contributed by atoms with Crippen molar-refractivity contribution in [1.29, 1.82) is 0 Å². The Hall–Kier alpha value is -1.22. The number of Topliss-reactive ketones (excluding diaryl/α,β-unsaturated/α-hetero) is 1. The van der Waals surface area contributed by atoms with Crippen molar-refractivity contribution >= 4 is 5.78 Å². The summed E-state index contributed by atoms with van der Waals surface area (Å²) in [5, 5.41) is 0. The summed E-state index contributed by atoms with van der Waals surface area (Å²) in [4.78, 5) is 12.3. The van der Waals surface area contributed by atoms with Gasteiger partial charge in [-0.05, 0) is 50.3 Å². The molecular weight excluding hydrogens is 217 g/mol. The van der Waals surface area contributed by atoms with Gasteiger partial charge in [0.15, 0.2) is 5.78 Å². The third kappa shape index (κ3) is 2.72. The Kier molecular flexibility index (Phi) is 3.57. The van der Waals surface area contributed by atoms with Gasteiger partial charge in [-0.2, -0.15) is 0 Å². The largest absolute Gasteiger partial charge is 0.328 e. The van der Waals surface area contributed by atoms with Gasteiger partial charge in [-0.15, -0.1) is 0 Å². The molecule has 0 heterocycles. The fourth-order valence-corrected chi connectivity index (χ4v) is 2.46. The van der Waals surface area contributed by atoms with E-state index in [2.05, 4.69) is 0 Å². The first kappa shape index (κ1) is 12.2. The molecule has 1 saturated carbocycles. The van der Waals surface area contributed by atoms with E-state index in [-0.39, 0.29) is 23.6 Å². The van der Waals surface area contributed by atoms with Gasteiger partial charge in [0.2, 0.25) is 0 Å². The molecule has 0 unspecified atom stereocenters. The lowest BCUT2D eigenvalue weighted by Crippen LogP contribution is -2.30. The summed E-state index contributed by atoms with van der Waals surface area (Å²) in [6, 6.07) is 4.64. The topological polar surface area (TPSA) is 43.1 Å². The molecule has 3 heteroatoms. The Bertz CT molecular complexity index is 422. The molecular formula is C14H18FNO. The summed E-state index contributed by atoms with van der Waals surface area (Å²) in [5.41, 5.74) is 7.20. The minimum atomic E-state index is -0.341. The zero-order valence-corrected chi connectivity index (χ0v) is 10.1. The van der Waals surface area contributed by atoms with Crippen molar-refractivity contribution in [3.63, 3.8) is 0 Å². The highest BCUT2D eigenvalue weighted by Gasteiger charge is 2.26. The van der Waals surface area contributed by atoms with Gasteiger partial charge in [-0.25, -0.2) is 4.39 Å². The van der Waals surface area contributed by atoms with E-state index >= 15 is 0 Å². The normalized spacial score (nSPS) is 24.6. The van der Waals surface area contributed by atoms with Crippen molar-refractivity contribution < 1.29 is 9.18 Å². The minimum Gasteiger partial charge on any atom is -0.328 e. The zero-order chi connectivity index (χ0) is 12.4. The predicted octanol–water partition coefficient (Wildman–Crippen LogP) is 2.83. The lowest BCUT2D eigenvalue weighted by molar-refractivity contribution is 0.0883. The molecule has 0 aliphatic heterocycles. The third-order valence-electron chi connectivity index (χ3n) is 3.61. The maximum atomic E-state index is 13.2. The molecule has 2 N–H and O–H groups in total. The van der Waals surface area contributed by atoms with Gasteiger partial charge in [-0.1, -0.05) is 6.07 Å². The van der Waals surface area contributed by atoms with Crippen LogP contribution in [0, 0.1) is 18.7 Å². The lowest BCUT2D eigenvalue weighted by Gasteiger charge is -2.25. The maximum Gasteiger partial charge on any atom is 0.166 e. The van der Waals surface area contributed by atoms with Crippen LogP contribution < -0.4 is 5.73 Å². The molecule has 0 aromatic heterocycles. The SMILES string of the molecule is Cc1ccc(F)cc1C(=O)C1CCC(N)CC1. The van der Waals surface area contributed by atoms with Crippen LogP contribution in [0.1, 0.15) is 41.6 Å². The van der Waals surface area contributed by atoms with Gasteiger partial charge < -0.3 is 5.73 Å². The molecule has 2 rings (SSSR count). The van der Waals surface area contributed by atoms with Crippen LogP contribution in [-0.4, -0.2) is 11.8 Å². The van der Waals surface area contributed by atoms with Gasteiger partial charge >= 0.3 is 0 Å². The molecule has 1 aromatic rings. The highest BCUT2D eigenvalue weighted by Crippen LogP contribution is 2.27. The second kappa shape index (κ2) is 4.96. The summed E-state index contributed by atoms with van der Waals surface area (Å²) in [6.07, 6.45) is 3.45. The number of rotatable bonds is 2. The van der Waals surface area contributed by atoms with Gasteiger partial charge in [0.1, 0.15) is 5.82 Å². The standard InChI is InChI=1S/C14H18FNO/c1-9-2-5-11(15)8-13(9)14(17)10-3-6-12(16)7-4-10/h2,5,8,10,12H,3-4,6-7,16H2,1H3. The predicted molar refractivity (Wildman–Crippen MR) is 65.4 cm³/mol. The number of aryl methyl sites for hydroxylation is 1. The number of carbonyl (C=O) groups excluding carboxylic acids is 1.